The lowest BCUT2D eigenvalue weighted by molar-refractivity contribution is -0.120. The first kappa shape index (κ1) is 34.3. The Hall–Kier alpha value is -4.19. The summed E-state index contributed by atoms with van der Waals surface area (Å²) in [6.07, 6.45) is 2.80. The number of hydrogen-bond donors (Lipinski definition) is 5. The zero-order valence-electron chi connectivity index (χ0n) is 27.3. The van der Waals surface area contributed by atoms with Crippen LogP contribution in [0.5, 0.6) is 5.88 Å². The number of nitrogens with zero attached hydrogens (tertiary/aromatic N) is 2. The number of benzene rings is 2. The van der Waals surface area contributed by atoms with Crippen LogP contribution in [0, 0.1) is 0 Å². The fourth-order valence-electron chi connectivity index (χ4n) is 6.58. The van der Waals surface area contributed by atoms with Crippen LogP contribution in [-0.4, -0.2) is 59.0 Å². The normalized spacial score (nSPS) is 17.4. The van der Waals surface area contributed by atoms with Crippen LogP contribution in [0.1, 0.15) is 36.9 Å². The Morgan fingerprint density at radius 2 is 1.28 bits per heavy atom. The van der Waals surface area contributed by atoms with Gasteiger partial charge in [-0.3, -0.25) is 9.59 Å². The number of methoxy groups -OCH3 is 1. The minimum atomic E-state index is 0.0935. The van der Waals surface area contributed by atoms with Crippen molar-refractivity contribution in [2.24, 2.45) is 0 Å². The third-order valence-corrected chi connectivity index (χ3v) is 10.4. The van der Waals surface area contributed by atoms with E-state index in [1.807, 2.05) is 60.7 Å². The first-order valence-corrected chi connectivity index (χ1v) is 17.7. The van der Waals surface area contributed by atoms with Gasteiger partial charge in [0.25, 0.3) is 0 Å². The van der Waals surface area contributed by atoms with Gasteiger partial charge in [0.05, 0.1) is 44.8 Å². The number of rotatable bonds is 12. The lowest BCUT2D eigenvalue weighted by atomic mass is 9.98. The van der Waals surface area contributed by atoms with Gasteiger partial charge in [-0.15, -0.1) is 0 Å². The van der Waals surface area contributed by atoms with Crippen LogP contribution >= 0.6 is 34.8 Å². The lowest BCUT2D eigenvalue weighted by Gasteiger charge is -2.15. The van der Waals surface area contributed by atoms with Crippen molar-refractivity contribution < 1.29 is 14.3 Å². The summed E-state index contributed by atoms with van der Waals surface area (Å²) in [5.74, 6) is 0.688. The average Bonchev–Trinajstić information content (AvgIpc) is 3.83. The smallest absolute Gasteiger partial charge is 0.220 e. The van der Waals surface area contributed by atoms with Gasteiger partial charge in [0.15, 0.2) is 0 Å². The number of fused-ring (bicyclic) bond motifs is 1. The Morgan fingerprint density at radius 3 is 1.86 bits per heavy atom. The molecule has 2 aliphatic heterocycles. The number of amides is 2. The Morgan fingerprint density at radius 1 is 0.720 bits per heavy atom. The molecule has 0 saturated carbocycles. The summed E-state index contributed by atoms with van der Waals surface area (Å²) in [4.78, 5) is 36.1. The molecule has 2 amide bonds. The van der Waals surface area contributed by atoms with Gasteiger partial charge in [0.1, 0.15) is 5.52 Å². The van der Waals surface area contributed by atoms with E-state index in [2.05, 4.69) is 26.3 Å². The number of aromatic nitrogens is 3. The van der Waals surface area contributed by atoms with Crippen molar-refractivity contribution in [2.75, 3.05) is 20.2 Å². The van der Waals surface area contributed by atoms with Crippen molar-refractivity contribution in [3.05, 3.63) is 87.0 Å². The van der Waals surface area contributed by atoms with E-state index in [0.29, 0.717) is 76.9 Å². The Kier molecular flexibility index (Phi) is 10.3. The quantitative estimate of drug-likeness (QED) is 0.0969. The van der Waals surface area contributed by atoms with Crippen molar-refractivity contribution in [2.45, 2.75) is 50.9 Å². The molecule has 5 N–H and O–H groups in total. The molecule has 0 spiro atoms. The first-order valence-electron chi connectivity index (χ1n) is 16.6. The highest BCUT2D eigenvalue weighted by molar-refractivity contribution is 6.39. The Bertz CT molecular complexity index is 2090. The van der Waals surface area contributed by atoms with E-state index in [1.54, 1.807) is 7.11 Å². The molecule has 10 nitrogen and oxygen atoms in total. The SMILES string of the molecule is COc1nc(-c2cccc(-c3cccc(-c4ccc5[nH]c(CNC[C@@H]6CCC(=O)N6)c(Cl)c5n4)c3Cl)c2Cl)ccc1CNC[C@@H]1CCC(=O)N1. The molecule has 2 aromatic carbocycles. The van der Waals surface area contributed by atoms with Gasteiger partial charge in [0, 0.05) is 78.9 Å². The van der Waals surface area contributed by atoms with Gasteiger partial charge >= 0.3 is 0 Å². The second-order valence-electron chi connectivity index (χ2n) is 12.6. The molecule has 0 aliphatic carbocycles. The molecule has 5 aromatic rings. The van der Waals surface area contributed by atoms with E-state index >= 15 is 0 Å². The highest BCUT2D eigenvalue weighted by atomic mass is 35.5. The number of carbonyl (C=O) groups is 2. The zero-order chi connectivity index (χ0) is 34.8. The van der Waals surface area contributed by atoms with Gasteiger partial charge in [-0.2, -0.15) is 0 Å². The summed E-state index contributed by atoms with van der Waals surface area (Å²) in [7, 11) is 1.60. The molecule has 2 fully saturated rings. The van der Waals surface area contributed by atoms with Gasteiger partial charge in [-0.1, -0.05) is 77.3 Å². The molecular weight excluding hydrogens is 697 g/mol. The van der Waals surface area contributed by atoms with E-state index in [4.69, 9.17) is 49.5 Å². The molecule has 7 rings (SSSR count). The first-order chi connectivity index (χ1) is 24.3. The maximum absolute atomic E-state index is 11.5. The summed E-state index contributed by atoms with van der Waals surface area (Å²) in [6, 6.07) is 19.6. The maximum atomic E-state index is 11.5. The third-order valence-electron chi connectivity index (χ3n) is 9.19. The van der Waals surface area contributed by atoms with E-state index in [1.165, 1.54) is 0 Å². The van der Waals surface area contributed by atoms with Gasteiger partial charge in [-0.25, -0.2) is 9.97 Å². The lowest BCUT2D eigenvalue weighted by Crippen LogP contribution is -2.35. The zero-order valence-corrected chi connectivity index (χ0v) is 29.6. The largest absolute Gasteiger partial charge is 0.481 e. The van der Waals surface area contributed by atoms with Crippen LogP contribution in [0.15, 0.2) is 60.7 Å². The van der Waals surface area contributed by atoms with Crippen molar-refractivity contribution in [1.82, 2.24) is 36.2 Å². The van der Waals surface area contributed by atoms with E-state index in [0.717, 1.165) is 51.9 Å². The second-order valence-corrected chi connectivity index (χ2v) is 13.7. The molecule has 50 heavy (non-hydrogen) atoms. The summed E-state index contributed by atoms with van der Waals surface area (Å²) >= 11 is 21.0. The number of carbonyl (C=O) groups excluding carboxylic acids is 2. The van der Waals surface area contributed by atoms with Crippen LogP contribution in [0.4, 0.5) is 0 Å². The molecule has 0 bridgehead atoms. The summed E-state index contributed by atoms with van der Waals surface area (Å²) in [5.41, 5.74) is 7.55. The van der Waals surface area contributed by atoms with Gasteiger partial charge in [-0.05, 0) is 31.0 Å². The van der Waals surface area contributed by atoms with Crippen LogP contribution < -0.4 is 26.0 Å². The van der Waals surface area contributed by atoms with Crippen molar-refractivity contribution in [1.29, 1.82) is 0 Å². The molecule has 5 heterocycles. The molecule has 13 heteroatoms. The summed E-state index contributed by atoms with van der Waals surface area (Å²) in [6.45, 7) is 2.40. The molecule has 2 aliphatic rings. The van der Waals surface area contributed by atoms with Gasteiger partial charge in [0.2, 0.25) is 17.7 Å². The Labute approximate surface area is 304 Å². The predicted molar refractivity (Wildman–Crippen MR) is 198 cm³/mol. The average molecular weight is 733 g/mol. The van der Waals surface area contributed by atoms with Crippen LogP contribution in [0.25, 0.3) is 44.7 Å². The molecule has 2 saturated heterocycles. The summed E-state index contributed by atoms with van der Waals surface area (Å²) < 4.78 is 5.65. The number of hydrogen-bond acceptors (Lipinski definition) is 7. The number of halogens is 3. The van der Waals surface area contributed by atoms with E-state index < -0.39 is 0 Å². The van der Waals surface area contributed by atoms with Crippen LogP contribution in [-0.2, 0) is 22.7 Å². The maximum Gasteiger partial charge on any atom is 0.220 e. The van der Waals surface area contributed by atoms with Crippen LogP contribution in [0.3, 0.4) is 0 Å². The van der Waals surface area contributed by atoms with Crippen LogP contribution in [0.2, 0.25) is 15.1 Å². The number of ether oxygens (including phenoxy) is 1. The molecule has 258 valence electrons. The monoisotopic (exact) mass is 731 g/mol. The number of H-pyrrole nitrogens is 1. The molecule has 2 atom stereocenters. The number of pyridine rings is 2. The minimum absolute atomic E-state index is 0.0935. The second kappa shape index (κ2) is 15.0. The van der Waals surface area contributed by atoms with Crippen molar-refractivity contribution in [3.8, 4) is 39.5 Å². The predicted octanol–water partition coefficient (Wildman–Crippen LogP) is 6.66. The molecule has 0 unspecified atom stereocenters. The third kappa shape index (κ3) is 7.17. The summed E-state index contributed by atoms with van der Waals surface area (Å²) in [5, 5.41) is 14.3. The van der Waals surface area contributed by atoms with E-state index in [-0.39, 0.29) is 23.9 Å². The topological polar surface area (TPSA) is 133 Å². The highest BCUT2D eigenvalue weighted by Gasteiger charge is 2.22. The highest BCUT2D eigenvalue weighted by Crippen LogP contribution is 2.42. The van der Waals surface area contributed by atoms with E-state index in [9.17, 15) is 9.59 Å². The molecule has 0 radical (unpaired) electrons. The van der Waals surface area contributed by atoms with Crippen molar-refractivity contribution in [3.63, 3.8) is 0 Å². The van der Waals surface area contributed by atoms with Crippen molar-refractivity contribution >= 4 is 57.7 Å². The van der Waals surface area contributed by atoms with Gasteiger partial charge < -0.3 is 31.0 Å². The number of nitrogens with one attached hydrogen (secondary N) is 5. The number of aromatic amines is 1. The fourth-order valence-corrected chi connectivity index (χ4v) is 7.49. The molecular formula is C37H36Cl3N7O3. The standard InChI is InChI=1S/C37H36Cl3N7O3/c1-50-37-20(16-41-17-21-9-14-31(48)43-21)8-11-28(47-37)26-7-3-5-24(34(26)39)23-4-2-6-25(33(23)38)27-12-13-29-36(46-27)35(40)30(45-29)19-42-18-22-10-15-32(49)44-22/h2-8,11-13,21-22,41-42,45H,9-10,14-19H2,1H3,(H,43,48)(H,44,49)/t21-,22-/m0/s1. The Balaban J connectivity index is 1.11. The fraction of sp³-hybridized carbons (Fsp3) is 0.297. The minimum Gasteiger partial charge on any atom is -0.481 e. The molecule has 3 aromatic heterocycles.